The number of ether oxygens (including phenoxy) is 2. The number of methoxy groups -OCH3 is 1. The van der Waals surface area contributed by atoms with E-state index in [0.717, 1.165) is 36.7 Å². The van der Waals surface area contributed by atoms with Gasteiger partial charge in [-0.3, -0.25) is 0 Å². The highest BCUT2D eigenvalue weighted by molar-refractivity contribution is 5.37. The molecule has 0 aromatic carbocycles. The topological polar surface area (TPSA) is 62.3 Å². The van der Waals surface area contributed by atoms with Gasteiger partial charge in [-0.25, -0.2) is 4.98 Å². The molecule has 2 N–H and O–H groups in total. The summed E-state index contributed by atoms with van der Waals surface area (Å²) in [7, 11) is 1.66. The van der Waals surface area contributed by atoms with Gasteiger partial charge in [-0.15, -0.1) is 0 Å². The van der Waals surface area contributed by atoms with Crippen molar-refractivity contribution in [1.82, 2.24) is 9.55 Å². The average molecular weight is 241 g/mol. The molecule has 0 spiro atoms. The van der Waals surface area contributed by atoms with E-state index in [0.29, 0.717) is 19.8 Å². The molecule has 0 bridgehead atoms. The summed E-state index contributed by atoms with van der Waals surface area (Å²) in [6.45, 7) is 6.75. The van der Waals surface area contributed by atoms with Gasteiger partial charge in [0.05, 0.1) is 19.8 Å². The predicted octanol–water partition coefficient (Wildman–Crippen LogP) is 1.60. The van der Waals surface area contributed by atoms with Crippen LogP contribution >= 0.6 is 0 Å². The third-order valence-electron chi connectivity index (χ3n) is 2.60. The number of aromatic nitrogens is 2. The maximum Gasteiger partial charge on any atom is 0.129 e. The molecular formula is C12H23N3O2. The Bertz CT molecular complexity index is 337. The zero-order valence-corrected chi connectivity index (χ0v) is 11.0. The van der Waals surface area contributed by atoms with Crippen molar-refractivity contribution in [3.05, 3.63) is 11.5 Å². The second-order valence-electron chi connectivity index (χ2n) is 3.91. The number of aryl methyl sites for hydroxylation is 1. The van der Waals surface area contributed by atoms with Crippen LogP contribution in [0.2, 0.25) is 0 Å². The molecule has 0 saturated heterocycles. The summed E-state index contributed by atoms with van der Waals surface area (Å²) in [5.41, 5.74) is 6.91. The highest BCUT2D eigenvalue weighted by Crippen LogP contribution is 2.16. The van der Waals surface area contributed by atoms with Gasteiger partial charge in [0, 0.05) is 20.1 Å². The van der Waals surface area contributed by atoms with Crippen LogP contribution in [0.15, 0.2) is 0 Å². The first-order valence-electron chi connectivity index (χ1n) is 6.14. The molecule has 0 fully saturated rings. The zero-order valence-electron chi connectivity index (χ0n) is 11.0. The molecule has 5 nitrogen and oxygen atoms in total. The lowest BCUT2D eigenvalue weighted by atomic mass is 10.4. The summed E-state index contributed by atoms with van der Waals surface area (Å²) in [4.78, 5) is 4.52. The van der Waals surface area contributed by atoms with Crippen LogP contribution in [0, 0.1) is 0 Å². The van der Waals surface area contributed by atoms with Crippen molar-refractivity contribution in [2.75, 3.05) is 26.1 Å². The Labute approximate surface area is 103 Å². The Balaban J connectivity index is 2.65. The molecule has 0 saturated carbocycles. The second-order valence-corrected chi connectivity index (χ2v) is 3.91. The average Bonchev–Trinajstić information content (AvgIpc) is 2.63. The molecule has 98 valence electrons. The second kappa shape index (κ2) is 7.29. The maximum atomic E-state index is 6.07. The van der Waals surface area contributed by atoms with Gasteiger partial charge in [0.25, 0.3) is 0 Å². The van der Waals surface area contributed by atoms with Crippen LogP contribution < -0.4 is 5.73 Å². The van der Waals surface area contributed by atoms with Gasteiger partial charge in [-0.05, 0) is 6.42 Å². The quantitative estimate of drug-likeness (QED) is 0.702. The van der Waals surface area contributed by atoms with E-state index in [1.54, 1.807) is 7.11 Å². The molecule has 5 heteroatoms. The first-order valence-corrected chi connectivity index (χ1v) is 6.14. The van der Waals surface area contributed by atoms with E-state index in [1.807, 2.05) is 0 Å². The van der Waals surface area contributed by atoms with Crippen molar-refractivity contribution in [2.24, 2.45) is 0 Å². The van der Waals surface area contributed by atoms with Crippen LogP contribution in [0.5, 0.6) is 0 Å². The zero-order chi connectivity index (χ0) is 12.7. The highest BCUT2D eigenvalue weighted by Gasteiger charge is 2.12. The van der Waals surface area contributed by atoms with E-state index in [-0.39, 0.29) is 0 Å². The minimum Gasteiger partial charge on any atom is -0.383 e. The maximum absolute atomic E-state index is 6.07. The number of anilines is 1. The van der Waals surface area contributed by atoms with E-state index >= 15 is 0 Å². The van der Waals surface area contributed by atoms with Gasteiger partial charge in [-0.1, -0.05) is 13.8 Å². The van der Waals surface area contributed by atoms with Crippen LogP contribution in [-0.2, 0) is 29.0 Å². The standard InChI is InChI=1S/C12H23N3O2/c1-4-6-15-11(5-2)14-10(12(15)13)9-17-8-7-16-3/h4-9,13H2,1-3H3. The number of imidazole rings is 1. The lowest BCUT2D eigenvalue weighted by Crippen LogP contribution is -2.07. The SMILES string of the molecule is CCCn1c(CC)nc(COCCOC)c1N. The number of nitrogens with zero attached hydrogens (tertiary/aromatic N) is 2. The van der Waals surface area contributed by atoms with Crippen LogP contribution in [0.4, 0.5) is 5.82 Å². The van der Waals surface area contributed by atoms with Gasteiger partial charge < -0.3 is 19.8 Å². The third kappa shape index (κ3) is 3.71. The van der Waals surface area contributed by atoms with Crippen molar-refractivity contribution in [2.45, 2.75) is 39.8 Å². The Morgan fingerprint density at radius 2 is 2.06 bits per heavy atom. The summed E-state index contributed by atoms with van der Waals surface area (Å²) in [6, 6.07) is 0. The molecule has 0 radical (unpaired) electrons. The lowest BCUT2D eigenvalue weighted by molar-refractivity contribution is 0.0605. The number of hydrogen-bond acceptors (Lipinski definition) is 4. The number of hydrogen-bond donors (Lipinski definition) is 1. The molecule has 0 unspecified atom stereocenters. The van der Waals surface area contributed by atoms with Crippen molar-refractivity contribution in [1.29, 1.82) is 0 Å². The van der Waals surface area contributed by atoms with E-state index in [1.165, 1.54) is 0 Å². The Morgan fingerprint density at radius 1 is 1.29 bits per heavy atom. The highest BCUT2D eigenvalue weighted by atomic mass is 16.5. The first-order chi connectivity index (χ1) is 8.24. The van der Waals surface area contributed by atoms with Gasteiger partial charge >= 0.3 is 0 Å². The van der Waals surface area contributed by atoms with Crippen molar-refractivity contribution < 1.29 is 9.47 Å². The van der Waals surface area contributed by atoms with Gasteiger partial charge in [0.2, 0.25) is 0 Å². The molecule has 1 rings (SSSR count). The molecule has 0 amide bonds. The van der Waals surface area contributed by atoms with Gasteiger partial charge in [0.1, 0.15) is 17.3 Å². The molecular weight excluding hydrogens is 218 g/mol. The molecule has 0 aliphatic carbocycles. The molecule has 17 heavy (non-hydrogen) atoms. The predicted molar refractivity (Wildman–Crippen MR) is 67.8 cm³/mol. The van der Waals surface area contributed by atoms with Crippen molar-refractivity contribution >= 4 is 5.82 Å². The van der Waals surface area contributed by atoms with Crippen molar-refractivity contribution in [3.8, 4) is 0 Å². The minimum atomic E-state index is 0.457. The van der Waals surface area contributed by atoms with Crippen LogP contribution in [0.1, 0.15) is 31.8 Å². The summed E-state index contributed by atoms with van der Waals surface area (Å²) in [5, 5.41) is 0. The fourth-order valence-electron chi connectivity index (χ4n) is 1.73. The molecule has 0 aliphatic heterocycles. The fourth-order valence-corrected chi connectivity index (χ4v) is 1.73. The van der Waals surface area contributed by atoms with Crippen LogP contribution in [0.25, 0.3) is 0 Å². The Hall–Kier alpha value is -1.07. The Kier molecular flexibility index (Phi) is 6.00. The van der Waals surface area contributed by atoms with Crippen molar-refractivity contribution in [3.63, 3.8) is 0 Å². The van der Waals surface area contributed by atoms with E-state index in [9.17, 15) is 0 Å². The molecule has 1 aromatic heterocycles. The van der Waals surface area contributed by atoms with Gasteiger partial charge in [-0.2, -0.15) is 0 Å². The molecule has 1 aromatic rings. The van der Waals surface area contributed by atoms with Crippen LogP contribution in [0.3, 0.4) is 0 Å². The van der Waals surface area contributed by atoms with E-state index in [2.05, 4.69) is 23.4 Å². The fraction of sp³-hybridized carbons (Fsp3) is 0.750. The molecule has 1 heterocycles. The minimum absolute atomic E-state index is 0.457. The van der Waals surface area contributed by atoms with Crippen LogP contribution in [-0.4, -0.2) is 29.9 Å². The van der Waals surface area contributed by atoms with E-state index < -0.39 is 0 Å². The lowest BCUT2D eigenvalue weighted by Gasteiger charge is -2.06. The number of nitrogens with two attached hydrogens (primary N) is 1. The summed E-state index contributed by atoms with van der Waals surface area (Å²) < 4.78 is 12.4. The van der Waals surface area contributed by atoms with Gasteiger partial charge in [0.15, 0.2) is 0 Å². The summed E-state index contributed by atoms with van der Waals surface area (Å²) in [5.74, 6) is 1.77. The monoisotopic (exact) mass is 241 g/mol. The Morgan fingerprint density at radius 3 is 2.65 bits per heavy atom. The number of nitrogen functional groups attached to an aromatic ring is 1. The smallest absolute Gasteiger partial charge is 0.129 e. The normalized spacial score (nSPS) is 11.0. The molecule has 0 aliphatic rings. The summed E-state index contributed by atoms with van der Waals surface area (Å²) >= 11 is 0. The van der Waals surface area contributed by atoms with E-state index in [4.69, 9.17) is 15.2 Å². The molecule has 0 atom stereocenters. The summed E-state index contributed by atoms with van der Waals surface area (Å²) in [6.07, 6.45) is 1.94. The number of rotatable bonds is 8. The largest absolute Gasteiger partial charge is 0.383 e. The first kappa shape index (κ1) is 14.0. The third-order valence-corrected chi connectivity index (χ3v) is 2.60.